The molecule has 0 aromatic heterocycles. The van der Waals surface area contributed by atoms with Gasteiger partial charge in [0.15, 0.2) is 0 Å². The van der Waals surface area contributed by atoms with Gasteiger partial charge in [0.1, 0.15) is 0 Å². The first-order valence-electron chi connectivity index (χ1n) is 6.82. The van der Waals surface area contributed by atoms with Crippen LogP contribution >= 0.6 is 12.4 Å². The van der Waals surface area contributed by atoms with E-state index in [4.69, 9.17) is 10.5 Å². The number of hydrogen-bond acceptors (Lipinski definition) is 4. The van der Waals surface area contributed by atoms with Gasteiger partial charge in [-0.2, -0.15) is 0 Å². The molecule has 0 aromatic rings. The van der Waals surface area contributed by atoms with Gasteiger partial charge in [-0.25, -0.2) is 0 Å². The highest BCUT2D eigenvalue weighted by atomic mass is 35.5. The molecule has 0 aliphatic carbocycles. The fourth-order valence-corrected chi connectivity index (χ4v) is 2.13. The third-order valence-electron chi connectivity index (χ3n) is 3.52. The third kappa shape index (κ3) is 6.08. The van der Waals surface area contributed by atoms with E-state index in [1.165, 1.54) is 0 Å². The van der Waals surface area contributed by atoms with E-state index in [0.717, 1.165) is 45.8 Å². The van der Waals surface area contributed by atoms with Crippen LogP contribution in [0.15, 0.2) is 0 Å². The van der Waals surface area contributed by atoms with E-state index in [0.29, 0.717) is 0 Å². The van der Waals surface area contributed by atoms with Gasteiger partial charge in [0.05, 0.1) is 12.6 Å². The lowest BCUT2D eigenvalue weighted by Gasteiger charge is -2.26. The van der Waals surface area contributed by atoms with Crippen LogP contribution in [0, 0.1) is 5.92 Å². The van der Waals surface area contributed by atoms with E-state index in [1.807, 2.05) is 18.7 Å². The van der Waals surface area contributed by atoms with Gasteiger partial charge in [-0.15, -0.1) is 12.4 Å². The van der Waals surface area contributed by atoms with Crippen LogP contribution in [0.25, 0.3) is 0 Å². The van der Waals surface area contributed by atoms with Crippen molar-refractivity contribution in [2.24, 2.45) is 11.7 Å². The molecule has 1 saturated heterocycles. The van der Waals surface area contributed by atoms with Crippen LogP contribution < -0.4 is 5.73 Å². The monoisotopic (exact) mass is 293 g/mol. The van der Waals surface area contributed by atoms with Crippen molar-refractivity contribution in [3.8, 4) is 0 Å². The van der Waals surface area contributed by atoms with E-state index in [1.54, 1.807) is 7.11 Å². The molecule has 114 valence electrons. The number of ether oxygens (including phenoxy) is 1. The summed E-state index contributed by atoms with van der Waals surface area (Å²) in [6.07, 6.45) is 1.01. The standard InChI is InChI=1S/C13H27N3O2.ClH/c1-11(2)12(14)13(17)16-6-4-5-15(7-8-16)9-10-18-3;/h11-12H,4-10,14H2,1-3H3;1H/t12-;/m1./s1. The maximum Gasteiger partial charge on any atom is 0.239 e. The minimum Gasteiger partial charge on any atom is -0.383 e. The lowest BCUT2D eigenvalue weighted by atomic mass is 10.0. The molecule has 1 aliphatic heterocycles. The number of amides is 1. The van der Waals surface area contributed by atoms with E-state index in [-0.39, 0.29) is 30.3 Å². The van der Waals surface area contributed by atoms with E-state index >= 15 is 0 Å². The first-order valence-corrected chi connectivity index (χ1v) is 6.82. The van der Waals surface area contributed by atoms with Crippen molar-refractivity contribution in [1.82, 2.24) is 9.80 Å². The molecule has 1 amide bonds. The van der Waals surface area contributed by atoms with Crippen molar-refractivity contribution in [3.05, 3.63) is 0 Å². The summed E-state index contributed by atoms with van der Waals surface area (Å²) in [5.41, 5.74) is 5.93. The molecule has 19 heavy (non-hydrogen) atoms. The quantitative estimate of drug-likeness (QED) is 0.805. The Hall–Kier alpha value is -0.360. The van der Waals surface area contributed by atoms with Gasteiger partial charge in [0, 0.05) is 33.3 Å². The van der Waals surface area contributed by atoms with Crippen molar-refractivity contribution in [3.63, 3.8) is 0 Å². The molecule has 1 rings (SSSR count). The van der Waals surface area contributed by atoms with Crippen LogP contribution in [0.1, 0.15) is 20.3 Å². The minimum atomic E-state index is -0.365. The summed E-state index contributed by atoms with van der Waals surface area (Å²) in [6, 6.07) is -0.365. The van der Waals surface area contributed by atoms with Crippen LogP contribution in [-0.4, -0.2) is 68.2 Å². The topological polar surface area (TPSA) is 58.8 Å². The molecule has 1 aliphatic rings. The second-order valence-electron chi connectivity index (χ2n) is 5.28. The van der Waals surface area contributed by atoms with Crippen LogP contribution in [0.4, 0.5) is 0 Å². The smallest absolute Gasteiger partial charge is 0.239 e. The summed E-state index contributed by atoms with van der Waals surface area (Å²) in [4.78, 5) is 16.4. The number of nitrogens with two attached hydrogens (primary N) is 1. The van der Waals surface area contributed by atoms with Crippen LogP contribution in [0.5, 0.6) is 0 Å². The van der Waals surface area contributed by atoms with Gasteiger partial charge in [0.2, 0.25) is 5.91 Å². The molecule has 5 nitrogen and oxygen atoms in total. The van der Waals surface area contributed by atoms with Crippen LogP contribution in [0.2, 0.25) is 0 Å². The zero-order chi connectivity index (χ0) is 13.5. The van der Waals surface area contributed by atoms with Gasteiger partial charge in [0.25, 0.3) is 0 Å². The van der Waals surface area contributed by atoms with E-state index in [9.17, 15) is 4.79 Å². The van der Waals surface area contributed by atoms with Gasteiger partial charge in [-0.05, 0) is 18.9 Å². The summed E-state index contributed by atoms with van der Waals surface area (Å²) in [5.74, 6) is 0.295. The average molecular weight is 294 g/mol. The Morgan fingerprint density at radius 2 is 1.95 bits per heavy atom. The number of nitrogens with zero attached hydrogens (tertiary/aromatic N) is 2. The zero-order valence-corrected chi connectivity index (χ0v) is 13.1. The van der Waals surface area contributed by atoms with Crippen molar-refractivity contribution >= 4 is 18.3 Å². The Morgan fingerprint density at radius 1 is 1.26 bits per heavy atom. The number of rotatable bonds is 5. The lowest BCUT2D eigenvalue weighted by molar-refractivity contribution is -0.133. The molecule has 0 unspecified atom stereocenters. The van der Waals surface area contributed by atoms with Gasteiger partial charge >= 0.3 is 0 Å². The first kappa shape index (κ1) is 18.6. The highest BCUT2D eigenvalue weighted by Gasteiger charge is 2.25. The Morgan fingerprint density at radius 3 is 2.53 bits per heavy atom. The highest BCUT2D eigenvalue weighted by Crippen LogP contribution is 2.08. The van der Waals surface area contributed by atoms with Gasteiger partial charge < -0.3 is 15.4 Å². The van der Waals surface area contributed by atoms with Crippen molar-refractivity contribution in [2.75, 3.05) is 46.4 Å². The Kier molecular flexibility index (Phi) is 9.35. The first-order chi connectivity index (χ1) is 8.56. The Bertz CT molecular complexity index is 264. The predicted molar refractivity (Wildman–Crippen MR) is 79.6 cm³/mol. The largest absolute Gasteiger partial charge is 0.383 e. The number of carbonyl (C=O) groups excluding carboxylic acids is 1. The zero-order valence-electron chi connectivity index (χ0n) is 12.3. The average Bonchev–Trinajstić information content (AvgIpc) is 2.59. The maximum atomic E-state index is 12.2. The molecule has 2 N–H and O–H groups in total. The fraction of sp³-hybridized carbons (Fsp3) is 0.923. The Balaban J connectivity index is 0.00000324. The fourth-order valence-electron chi connectivity index (χ4n) is 2.13. The van der Waals surface area contributed by atoms with Gasteiger partial charge in [-0.3, -0.25) is 9.69 Å². The van der Waals surface area contributed by atoms with Crippen molar-refractivity contribution in [1.29, 1.82) is 0 Å². The van der Waals surface area contributed by atoms with Crippen molar-refractivity contribution < 1.29 is 9.53 Å². The molecular weight excluding hydrogens is 266 g/mol. The lowest BCUT2D eigenvalue weighted by Crippen LogP contribution is -2.47. The highest BCUT2D eigenvalue weighted by molar-refractivity contribution is 5.85. The molecule has 6 heteroatoms. The summed E-state index contributed by atoms with van der Waals surface area (Å²) in [7, 11) is 1.72. The number of halogens is 1. The summed E-state index contributed by atoms with van der Waals surface area (Å²) >= 11 is 0. The summed E-state index contributed by atoms with van der Waals surface area (Å²) in [6.45, 7) is 9.22. The number of methoxy groups -OCH3 is 1. The van der Waals surface area contributed by atoms with E-state index < -0.39 is 0 Å². The molecule has 1 fully saturated rings. The third-order valence-corrected chi connectivity index (χ3v) is 3.52. The molecule has 0 bridgehead atoms. The van der Waals surface area contributed by atoms with Crippen LogP contribution in [0.3, 0.4) is 0 Å². The minimum absolute atomic E-state index is 0. The Labute approximate surface area is 122 Å². The second kappa shape index (κ2) is 9.53. The number of hydrogen-bond donors (Lipinski definition) is 1. The number of carbonyl (C=O) groups is 1. The second-order valence-corrected chi connectivity index (χ2v) is 5.28. The van der Waals surface area contributed by atoms with E-state index in [2.05, 4.69) is 4.90 Å². The molecule has 0 aromatic carbocycles. The summed E-state index contributed by atoms with van der Waals surface area (Å²) < 4.78 is 5.09. The molecule has 0 saturated carbocycles. The maximum absolute atomic E-state index is 12.2. The molecule has 1 heterocycles. The molecular formula is C13H28ClN3O2. The molecule has 0 spiro atoms. The molecule has 1 atom stereocenters. The molecule has 0 radical (unpaired) electrons. The predicted octanol–water partition coefficient (Wildman–Crippen LogP) is 0.572. The SMILES string of the molecule is COCCN1CCCN(C(=O)[C@H](N)C(C)C)CC1.Cl. The van der Waals surface area contributed by atoms with Crippen LogP contribution in [-0.2, 0) is 9.53 Å². The van der Waals surface area contributed by atoms with Crippen molar-refractivity contribution in [2.45, 2.75) is 26.3 Å². The normalized spacial score (nSPS) is 18.9. The van der Waals surface area contributed by atoms with Gasteiger partial charge in [-0.1, -0.05) is 13.8 Å². The summed E-state index contributed by atoms with van der Waals surface area (Å²) in [5, 5.41) is 0.